The van der Waals surface area contributed by atoms with Crippen LogP contribution >= 0.6 is 11.8 Å². The highest BCUT2D eigenvalue weighted by molar-refractivity contribution is 7.98. The molecular formula is C18H13FN4O3S. The number of carbonyl (C=O) groups is 1. The van der Waals surface area contributed by atoms with Gasteiger partial charge < -0.3 is 9.15 Å². The number of halogens is 1. The van der Waals surface area contributed by atoms with Crippen molar-refractivity contribution in [1.82, 2.24) is 19.7 Å². The molecule has 3 aromatic heterocycles. The number of aromatic nitrogens is 4. The first-order chi connectivity index (χ1) is 13.2. The smallest absolute Gasteiger partial charge is 0.373 e. The van der Waals surface area contributed by atoms with Gasteiger partial charge in [0.1, 0.15) is 22.9 Å². The maximum absolute atomic E-state index is 13.1. The van der Waals surface area contributed by atoms with Crippen LogP contribution < -0.4 is 0 Å². The largest absolute Gasteiger partial charge is 0.463 e. The molecule has 9 heteroatoms. The van der Waals surface area contributed by atoms with Crippen LogP contribution in [0.15, 0.2) is 58.4 Å². The average Bonchev–Trinajstić information content (AvgIpc) is 3.34. The first-order valence-electron chi connectivity index (χ1n) is 7.90. The fourth-order valence-corrected chi connectivity index (χ4v) is 3.37. The molecule has 0 fully saturated rings. The van der Waals surface area contributed by atoms with E-state index >= 15 is 0 Å². The minimum Gasteiger partial charge on any atom is -0.463 e. The third-order valence-electron chi connectivity index (χ3n) is 3.80. The van der Waals surface area contributed by atoms with Gasteiger partial charge in [0.25, 0.3) is 0 Å². The van der Waals surface area contributed by atoms with Crippen molar-refractivity contribution < 1.29 is 18.3 Å². The van der Waals surface area contributed by atoms with Gasteiger partial charge in [-0.05, 0) is 36.4 Å². The van der Waals surface area contributed by atoms with Gasteiger partial charge in [0.2, 0.25) is 5.76 Å². The van der Waals surface area contributed by atoms with E-state index in [9.17, 15) is 9.18 Å². The van der Waals surface area contributed by atoms with Gasteiger partial charge >= 0.3 is 5.97 Å². The highest BCUT2D eigenvalue weighted by Gasteiger charge is 2.14. The summed E-state index contributed by atoms with van der Waals surface area (Å²) in [7, 11) is 1.30. The van der Waals surface area contributed by atoms with Gasteiger partial charge in [0, 0.05) is 0 Å². The van der Waals surface area contributed by atoms with Gasteiger partial charge in [0.15, 0.2) is 5.65 Å². The predicted molar refractivity (Wildman–Crippen MR) is 96.2 cm³/mol. The number of hydrogen-bond acceptors (Lipinski definition) is 7. The van der Waals surface area contributed by atoms with Gasteiger partial charge in [0.05, 0.1) is 30.1 Å². The quantitative estimate of drug-likeness (QED) is 0.295. The zero-order chi connectivity index (χ0) is 18.8. The molecule has 136 valence electrons. The Bertz CT molecular complexity index is 1110. The molecule has 0 spiro atoms. The Kier molecular flexibility index (Phi) is 4.59. The Morgan fingerprint density at radius 1 is 1.22 bits per heavy atom. The molecule has 4 rings (SSSR count). The lowest BCUT2D eigenvalue weighted by Gasteiger charge is -2.04. The van der Waals surface area contributed by atoms with Crippen molar-refractivity contribution in [3.8, 4) is 5.69 Å². The van der Waals surface area contributed by atoms with E-state index in [1.807, 2.05) is 0 Å². The highest BCUT2D eigenvalue weighted by atomic mass is 32.2. The van der Waals surface area contributed by atoms with Crippen LogP contribution in [0.3, 0.4) is 0 Å². The van der Waals surface area contributed by atoms with Crippen LogP contribution in [0.4, 0.5) is 4.39 Å². The standard InChI is InChI=1S/C18H13FN4O3S/c1-25-18(24)15-7-6-13(26-15)9-27-17-14-8-22-23(16(14)20-10-21-17)12-4-2-11(19)3-5-12/h2-8,10H,9H2,1H3. The number of furan rings is 1. The summed E-state index contributed by atoms with van der Waals surface area (Å²) in [5.74, 6) is 0.426. The summed E-state index contributed by atoms with van der Waals surface area (Å²) in [6.07, 6.45) is 3.12. The fourth-order valence-electron chi connectivity index (χ4n) is 2.51. The number of benzene rings is 1. The zero-order valence-electron chi connectivity index (χ0n) is 14.1. The van der Waals surface area contributed by atoms with Crippen LogP contribution in [0.5, 0.6) is 0 Å². The molecule has 0 aliphatic heterocycles. The number of nitrogens with zero attached hydrogens (tertiary/aromatic N) is 4. The monoisotopic (exact) mass is 384 g/mol. The second-order valence-electron chi connectivity index (χ2n) is 5.50. The number of methoxy groups -OCH3 is 1. The lowest BCUT2D eigenvalue weighted by Crippen LogP contribution is -1.98. The van der Waals surface area contributed by atoms with Gasteiger partial charge in [-0.3, -0.25) is 0 Å². The van der Waals surface area contributed by atoms with Crippen LogP contribution in [-0.2, 0) is 10.5 Å². The van der Waals surface area contributed by atoms with E-state index in [1.165, 1.54) is 37.3 Å². The molecule has 0 aliphatic rings. The Balaban J connectivity index is 1.59. The Labute approximate surface area is 157 Å². The maximum atomic E-state index is 13.1. The van der Waals surface area contributed by atoms with Crippen LogP contribution in [0, 0.1) is 5.82 Å². The number of thioether (sulfide) groups is 1. The molecule has 0 bridgehead atoms. The first-order valence-corrected chi connectivity index (χ1v) is 8.89. The summed E-state index contributed by atoms with van der Waals surface area (Å²) in [6.45, 7) is 0. The summed E-state index contributed by atoms with van der Waals surface area (Å²) in [6, 6.07) is 9.30. The van der Waals surface area contributed by atoms with E-state index in [1.54, 1.807) is 35.1 Å². The summed E-state index contributed by atoms with van der Waals surface area (Å²) < 4.78 is 24.9. The van der Waals surface area contributed by atoms with Crippen molar-refractivity contribution >= 4 is 28.8 Å². The van der Waals surface area contributed by atoms with E-state index in [-0.39, 0.29) is 11.6 Å². The molecule has 0 radical (unpaired) electrons. The Morgan fingerprint density at radius 2 is 2.04 bits per heavy atom. The van der Waals surface area contributed by atoms with Crippen molar-refractivity contribution in [3.63, 3.8) is 0 Å². The van der Waals surface area contributed by atoms with Crippen LogP contribution in [-0.4, -0.2) is 32.8 Å². The summed E-state index contributed by atoms with van der Waals surface area (Å²) in [4.78, 5) is 20.1. The van der Waals surface area contributed by atoms with Crippen molar-refractivity contribution in [2.75, 3.05) is 7.11 Å². The summed E-state index contributed by atoms with van der Waals surface area (Å²) in [5.41, 5.74) is 1.32. The zero-order valence-corrected chi connectivity index (χ0v) is 14.9. The van der Waals surface area contributed by atoms with Crippen molar-refractivity contribution in [1.29, 1.82) is 0 Å². The normalized spacial score (nSPS) is 11.0. The molecule has 3 heterocycles. The molecule has 0 atom stereocenters. The van der Waals surface area contributed by atoms with E-state index < -0.39 is 5.97 Å². The third-order valence-corrected chi connectivity index (χ3v) is 4.83. The van der Waals surface area contributed by atoms with Crippen molar-refractivity contribution in [3.05, 3.63) is 66.3 Å². The molecule has 4 aromatic rings. The van der Waals surface area contributed by atoms with Crippen LogP contribution in [0.1, 0.15) is 16.3 Å². The number of rotatable bonds is 5. The second kappa shape index (κ2) is 7.20. The highest BCUT2D eigenvalue weighted by Crippen LogP contribution is 2.29. The molecule has 0 amide bonds. The van der Waals surface area contributed by atoms with Gasteiger partial charge in [-0.15, -0.1) is 0 Å². The number of fused-ring (bicyclic) bond motifs is 1. The number of esters is 1. The number of hydrogen-bond donors (Lipinski definition) is 0. The lowest BCUT2D eigenvalue weighted by molar-refractivity contribution is 0.0563. The molecule has 0 saturated heterocycles. The van der Waals surface area contributed by atoms with Crippen LogP contribution in [0.2, 0.25) is 0 Å². The molecule has 0 aliphatic carbocycles. The molecule has 0 N–H and O–H groups in total. The average molecular weight is 384 g/mol. The molecule has 27 heavy (non-hydrogen) atoms. The molecule has 7 nitrogen and oxygen atoms in total. The molecular weight excluding hydrogens is 371 g/mol. The van der Waals surface area contributed by atoms with Gasteiger partial charge in [-0.1, -0.05) is 11.8 Å². The molecule has 0 saturated carbocycles. The fraction of sp³-hybridized carbons (Fsp3) is 0.111. The number of ether oxygens (including phenoxy) is 1. The minimum atomic E-state index is -0.517. The third kappa shape index (κ3) is 3.41. The maximum Gasteiger partial charge on any atom is 0.373 e. The topological polar surface area (TPSA) is 83.0 Å². The minimum absolute atomic E-state index is 0.157. The van der Waals surface area contributed by atoms with Crippen molar-refractivity contribution in [2.24, 2.45) is 0 Å². The van der Waals surface area contributed by atoms with Gasteiger partial charge in [-0.25, -0.2) is 23.8 Å². The Morgan fingerprint density at radius 3 is 2.81 bits per heavy atom. The molecule has 1 aromatic carbocycles. The first kappa shape index (κ1) is 17.2. The SMILES string of the molecule is COC(=O)c1ccc(CSc2ncnc3c2cnn3-c2ccc(F)cc2)o1. The number of carbonyl (C=O) groups excluding carboxylic acids is 1. The Hall–Kier alpha value is -3.20. The van der Waals surface area contributed by atoms with E-state index in [4.69, 9.17) is 4.42 Å². The van der Waals surface area contributed by atoms with Crippen molar-refractivity contribution in [2.45, 2.75) is 10.8 Å². The van der Waals surface area contributed by atoms with E-state index in [0.29, 0.717) is 22.8 Å². The molecule has 0 unspecified atom stereocenters. The summed E-state index contributed by atoms with van der Waals surface area (Å²) in [5, 5.41) is 5.84. The van der Waals surface area contributed by atoms with E-state index in [0.717, 1.165) is 10.4 Å². The summed E-state index contributed by atoms with van der Waals surface area (Å²) >= 11 is 1.44. The van der Waals surface area contributed by atoms with Crippen LogP contribution in [0.25, 0.3) is 16.7 Å². The second-order valence-corrected chi connectivity index (χ2v) is 6.46. The predicted octanol–water partition coefficient (Wildman–Crippen LogP) is 3.63. The lowest BCUT2D eigenvalue weighted by atomic mass is 10.3. The van der Waals surface area contributed by atoms with Gasteiger partial charge in [-0.2, -0.15) is 5.10 Å². The van der Waals surface area contributed by atoms with E-state index in [2.05, 4.69) is 19.8 Å².